The van der Waals surface area contributed by atoms with Gasteiger partial charge in [0.25, 0.3) is 5.91 Å². The minimum Gasteiger partial charge on any atom is -0.434 e. The molecular weight excluding hydrogens is 298 g/mol. The number of anilines is 1. The van der Waals surface area contributed by atoms with Crippen LogP contribution >= 0.6 is 0 Å². The van der Waals surface area contributed by atoms with Gasteiger partial charge >= 0.3 is 6.09 Å². The standard InChI is InChI=1S/C16H19N3O4/c1-17-15(21)14-9-19(16(22)23-14)13-3-2-11-4-6-18(10-20)7-5-12(11)8-13/h2-3,8,10,14H,4-7,9H2,1H3,(H,17,21)/t14-/m1/s1. The lowest BCUT2D eigenvalue weighted by molar-refractivity contribution is -0.127. The topological polar surface area (TPSA) is 79.0 Å². The van der Waals surface area contributed by atoms with Crippen molar-refractivity contribution < 1.29 is 19.1 Å². The fraction of sp³-hybridized carbons (Fsp3) is 0.438. The highest BCUT2D eigenvalue weighted by molar-refractivity contribution is 5.95. The van der Waals surface area contributed by atoms with Crippen LogP contribution in [0.3, 0.4) is 0 Å². The van der Waals surface area contributed by atoms with Crippen LogP contribution in [0.5, 0.6) is 0 Å². The van der Waals surface area contributed by atoms with E-state index in [-0.39, 0.29) is 12.5 Å². The molecule has 0 radical (unpaired) electrons. The van der Waals surface area contributed by atoms with Gasteiger partial charge in [0.05, 0.1) is 6.54 Å². The Morgan fingerprint density at radius 3 is 2.74 bits per heavy atom. The quantitative estimate of drug-likeness (QED) is 0.814. The van der Waals surface area contributed by atoms with Crippen LogP contribution in [0.25, 0.3) is 0 Å². The van der Waals surface area contributed by atoms with Gasteiger partial charge in [-0.3, -0.25) is 14.5 Å². The zero-order valence-corrected chi connectivity index (χ0v) is 12.9. The van der Waals surface area contributed by atoms with E-state index >= 15 is 0 Å². The summed E-state index contributed by atoms with van der Waals surface area (Å²) >= 11 is 0. The Labute approximate surface area is 134 Å². The molecule has 2 aliphatic rings. The second-order valence-electron chi connectivity index (χ2n) is 5.69. The minimum atomic E-state index is -0.781. The second kappa shape index (κ2) is 6.28. The van der Waals surface area contributed by atoms with Crippen molar-refractivity contribution in [3.63, 3.8) is 0 Å². The molecule has 0 spiro atoms. The van der Waals surface area contributed by atoms with Crippen molar-refractivity contribution in [1.29, 1.82) is 0 Å². The fourth-order valence-corrected chi connectivity index (χ4v) is 2.97. The summed E-state index contributed by atoms with van der Waals surface area (Å²) in [6, 6.07) is 5.81. The maximum Gasteiger partial charge on any atom is 0.415 e. The number of nitrogens with zero attached hydrogens (tertiary/aromatic N) is 2. The van der Waals surface area contributed by atoms with Crippen LogP contribution in [0.15, 0.2) is 18.2 Å². The third-order valence-corrected chi connectivity index (χ3v) is 4.34. The van der Waals surface area contributed by atoms with Crippen LogP contribution in [0, 0.1) is 0 Å². The molecular formula is C16H19N3O4. The van der Waals surface area contributed by atoms with Crippen molar-refractivity contribution in [1.82, 2.24) is 10.2 Å². The lowest BCUT2D eigenvalue weighted by Crippen LogP contribution is -2.35. The highest BCUT2D eigenvalue weighted by Gasteiger charge is 2.36. The number of fused-ring (bicyclic) bond motifs is 1. The number of rotatable bonds is 3. The molecule has 1 fully saturated rings. The first kappa shape index (κ1) is 15.3. The lowest BCUT2D eigenvalue weighted by Gasteiger charge is -2.15. The molecule has 2 aliphatic heterocycles. The summed E-state index contributed by atoms with van der Waals surface area (Å²) in [5.74, 6) is -0.308. The average Bonchev–Trinajstić information content (AvgIpc) is 2.84. The first-order valence-electron chi connectivity index (χ1n) is 7.63. The smallest absolute Gasteiger partial charge is 0.415 e. The molecule has 0 aromatic heterocycles. The van der Waals surface area contributed by atoms with Crippen LogP contribution in [0.1, 0.15) is 11.1 Å². The van der Waals surface area contributed by atoms with Gasteiger partial charge in [-0.25, -0.2) is 4.79 Å². The zero-order valence-electron chi connectivity index (χ0n) is 12.9. The summed E-state index contributed by atoms with van der Waals surface area (Å²) in [6.45, 7) is 1.59. The van der Waals surface area contributed by atoms with Crippen molar-refractivity contribution in [3.8, 4) is 0 Å². The third-order valence-electron chi connectivity index (χ3n) is 4.34. The maximum absolute atomic E-state index is 12.0. The van der Waals surface area contributed by atoms with Crippen LogP contribution in [0.2, 0.25) is 0 Å². The summed E-state index contributed by atoms with van der Waals surface area (Å²) in [5, 5.41) is 2.49. The number of carbonyl (C=O) groups is 3. The van der Waals surface area contributed by atoms with Crippen molar-refractivity contribution in [2.45, 2.75) is 18.9 Å². The number of benzene rings is 1. The predicted octanol–water partition coefficient (Wildman–Crippen LogP) is 0.315. The molecule has 1 atom stereocenters. The van der Waals surface area contributed by atoms with Gasteiger partial charge in [0.1, 0.15) is 0 Å². The number of hydrogen-bond donors (Lipinski definition) is 1. The van der Waals surface area contributed by atoms with Crippen molar-refractivity contribution in [3.05, 3.63) is 29.3 Å². The molecule has 2 heterocycles. The first-order valence-corrected chi connectivity index (χ1v) is 7.63. The van der Waals surface area contributed by atoms with E-state index in [2.05, 4.69) is 5.32 Å². The molecule has 7 heteroatoms. The van der Waals surface area contributed by atoms with Crippen LogP contribution in [0.4, 0.5) is 10.5 Å². The monoisotopic (exact) mass is 317 g/mol. The molecule has 122 valence electrons. The number of ether oxygens (including phenoxy) is 1. The fourth-order valence-electron chi connectivity index (χ4n) is 2.97. The summed E-state index contributed by atoms with van der Waals surface area (Å²) < 4.78 is 5.10. The van der Waals surface area contributed by atoms with Gasteiger partial charge in [0, 0.05) is 25.8 Å². The Hall–Kier alpha value is -2.57. The van der Waals surface area contributed by atoms with Crippen LogP contribution in [-0.2, 0) is 27.2 Å². The number of likely N-dealkylation sites (N-methyl/N-ethyl adjacent to an activating group) is 1. The largest absolute Gasteiger partial charge is 0.434 e. The molecule has 23 heavy (non-hydrogen) atoms. The highest BCUT2D eigenvalue weighted by atomic mass is 16.6. The van der Waals surface area contributed by atoms with E-state index in [4.69, 9.17) is 4.74 Å². The Morgan fingerprint density at radius 2 is 2.04 bits per heavy atom. The van der Waals surface area contributed by atoms with Crippen LogP contribution < -0.4 is 10.2 Å². The SMILES string of the molecule is CNC(=O)[C@H]1CN(c2ccc3c(c2)CCN(C=O)CC3)C(=O)O1. The summed E-state index contributed by atoms with van der Waals surface area (Å²) in [5.41, 5.74) is 3.04. The summed E-state index contributed by atoms with van der Waals surface area (Å²) in [6.07, 6.45) is 1.14. The van der Waals surface area contributed by atoms with Crippen molar-refractivity contribution in [2.75, 3.05) is 31.6 Å². The van der Waals surface area contributed by atoms with Crippen molar-refractivity contribution >= 4 is 24.1 Å². The van der Waals surface area contributed by atoms with Crippen LogP contribution in [-0.4, -0.2) is 56.1 Å². The van der Waals surface area contributed by atoms with Gasteiger partial charge in [-0.2, -0.15) is 0 Å². The molecule has 0 unspecified atom stereocenters. The van der Waals surface area contributed by atoms with E-state index in [1.54, 1.807) is 4.90 Å². The molecule has 1 saturated heterocycles. The molecule has 0 saturated carbocycles. The van der Waals surface area contributed by atoms with E-state index in [1.165, 1.54) is 17.5 Å². The van der Waals surface area contributed by atoms with Gasteiger partial charge in [-0.15, -0.1) is 0 Å². The lowest BCUT2D eigenvalue weighted by atomic mass is 10.0. The third kappa shape index (κ3) is 2.99. The zero-order chi connectivity index (χ0) is 16.4. The van der Waals surface area contributed by atoms with Gasteiger partial charge in [0.15, 0.2) is 6.10 Å². The molecule has 1 N–H and O–H groups in total. The second-order valence-corrected chi connectivity index (χ2v) is 5.69. The molecule has 7 nitrogen and oxygen atoms in total. The Bertz CT molecular complexity index is 646. The minimum absolute atomic E-state index is 0.206. The Balaban J connectivity index is 1.80. The normalized spacial score (nSPS) is 20.6. The number of carbonyl (C=O) groups excluding carboxylic acids is 3. The number of nitrogens with one attached hydrogen (secondary N) is 1. The number of hydrogen-bond acceptors (Lipinski definition) is 4. The van der Waals surface area contributed by atoms with E-state index in [1.807, 2.05) is 18.2 Å². The van der Waals surface area contributed by atoms with Crippen molar-refractivity contribution in [2.24, 2.45) is 0 Å². The van der Waals surface area contributed by atoms with E-state index in [9.17, 15) is 14.4 Å². The van der Waals surface area contributed by atoms with Gasteiger partial charge in [0.2, 0.25) is 6.41 Å². The Kier molecular flexibility index (Phi) is 4.18. The molecule has 1 aromatic rings. The summed E-state index contributed by atoms with van der Waals surface area (Å²) in [4.78, 5) is 37.8. The number of cyclic esters (lactones) is 1. The van der Waals surface area contributed by atoms with Gasteiger partial charge in [-0.05, 0) is 36.1 Å². The first-order chi connectivity index (χ1) is 11.1. The average molecular weight is 317 g/mol. The number of amides is 3. The molecule has 1 aromatic carbocycles. The molecule has 0 bridgehead atoms. The molecule has 3 amide bonds. The van der Waals surface area contributed by atoms with Gasteiger partial charge in [-0.1, -0.05) is 6.07 Å². The molecule has 3 rings (SSSR count). The van der Waals surface area contributed by atoms with E-state index < -0.39 is 12.2 Å². The van der Waals surface area contributed by atoms with E-state index in [0.29, 0.717) is 13.1 Å². The van der Waals surface area contributed by atoms with E-state index in [0.717, 1.165) is 30.5 Å². The predicted molar refractivity (Wildman–Crippen MR) is 83.2 cm³/mol. The summed E-state index contributed by atoms with van der Waals surface area (Å²) in [7, 11) is 1.51. The van der Waals surface area contributed by atoms with Gasteiger partial charge < -0.3 is 15.0 Å². The highest BCUT2D eigenvalue weighted by Crippen LogP contribution is 2.26. The maximum atomic E-state index is 12.0. The molecule has 0 aliphatic carbocycles. The Morgan fingerprint density at radius 1 is 1.30 bits per heavy atom.